The number of carboxylic acid groups (broad SMARTS) is 1. The first-order valence-electron chi connectivity index (χ1n) is 11.4. The maximum Gasteiger partial charge on any atom is 0.345 e. The summed E-state index contributed by atoms with van der Waals surface area (Å²) in [5.74, 6) is -0.230. The van der Waals surface area contributed by atoms with Gasteiger partial charge in [0.25, 0.3) is 0 Å². The van der Waals surface area contributed by atoms with E-state index in [9.17, 15) is 14.7 Å². The first kappa shape index (κ1) is 22.4. The van der Waals surface area contributed by atoms with Crippen LogP contribution in [-0.4, -0.2) is 29.3 Å². The Bertz CT molecular complexity index is 1360. The van der Waals surface area contributed by atoms with Crippen molar-refractivity contribution in [2.75, 3.05) is 11.9 Å². The van der Waals surface area contributed by atoms with Crippen molar-refractivity contribution in [1.82, 2.24) is 10.6 Å². The number of aliphatic carboxylic acids is 1. The highest BCUT2D eigenvalue weighted by Gasteiger charge is 2.51. The van der Waals surface area contributed by atoms with Gasteiger partial charge in [-0.3, -0.25) is 5.32 Å². The number of nitrogens with one attached hydrogen (secondary N) is 3. The fraction of sp³-hybridized carbons (Fsp3) is 0.143. The molecule has 4 aromatic rings. The van der Waals surface area contributed by atoms with Crippen LogP contribution in [0.5, 0.6) is 11.5 Å². The molecule has 0 bridgehead atoms. The van der Waals surface area contributed by atoms with Gasteiger partial charge in [0.15, 0.2) is 5.66 Å². The number of anilines is 1. The van der Waals surface area contributed by atoms with Crippen LogP contribution in [0.15, 0.2) is 97.1 Å². The first-order valence-corrected chi connectivity index (χ1v) is 11.4. The zero-order valence-electron chi connectivity index (χ0n) is 18.9. The molecule has 7 nitrogen and oxygen atoms in total. The summed E-state index contributed by atoms with van der Waals surface area (Å²) >= 11 is 0. The standard InChI is InChI=1S/C28H25N3O4/c32-26(33)28(25(16-17-29-28)21-11-10-19-6-4-5-7-20(19)18-21)31-27(34)30-22-12-14-24(15-13-22)35-23-8-2-1-3-9-23/h1-15,18,25,29H,16-17H2,(H,32,33)(H2,30,31,34)/t25?,28-/m1/s1. The molecule has 4 aromatic carbocycles. The lowest BCUT2D eigenvalue weighted by molar-refractivity contribution is -0.145. The number of ether oxygens (including phenoxy) is 1. The summed E-state index contributed by atoms with van der Waals surface area (Å²) in [5.41, 5.74) is -0.245. The summed E-state index contributed by atoms with van der Waals surface area (Å²) in [6.07, 6.45) is 0.580. The van der Waals surface area contributed by atoms with Crippen LogP contribution >= 0.6 is 0 Å². The third-order valence-corrected chi connectivity index (χ3v) is 6.27. The Labute approximate surface area is 202 Å². The molecule has 7 heteroatoms. The molecule has 0 saturated carbocycles. The minimum atomic E-state index is -1.62. The van der Waals surface area contributed by atoms with Crippen LogP contribution in [0.25, 0.3) is 10.8 Å². The van der Waals surface area contributed by atoms with Gasteiger partial charge in [-0.1, -0.05) is 60.7 Å². The van der Waals surface area contributed by atoms with Crippen LogP contribution in [0.4, 0.5) is 10.5 Å². The lowest BCUT2D eigenvalue weighted by Crippen LogP contribution is -2.64. The topological polar surface area (TPSA) is 99.7 Å². The van der Waals surface area contributed by atoms with Gasteiger partial charge in [0.2, 0.25) is 0 Å². The second kappa shape index (κ2) is 9.48. The van der Waals surface area contributed by atoms with E-state index in [1.54, 1.807) is 24.3 Å². The van der Waals surface area contributed by atoms with Gasteiger partial charge in [-0.2, -0.15) is 0 Å². The summed E-state index contributed by atoms with van der Waals surface area (Å²) in [4.78, 5) is 25.3. The molecule has 5 rings (SSSR count). The molecule has 0 radical (unpaired) electrons. The largest absolute Gasteiger partial charge is 0.478 e. The van der Waals surface area contributed by atoms with Crippen molar-refractivity contribution in [1.29, 1.82) is 0 Å². The molecule has 1 aliphatic rings. The summed E-state index contributed by atoms with van der Waals surface area (Å²) in [6, 6.07) is 29.5. The van der Waals surface area contributed by atoms with Crippen molar-refractivity contribution in [3.63, 3.8) is 0 Å². The van der Waals surface area contributed by atoms with Gasteiger partial charge in [-0.25, -0.2) is 9.59 Å². The molecular weight excluding hydrogens is 442 g/mol. The number of benzene rings is 4. The minimum absolute atomic E-state index is 0.433. The molecule has 1 saturated heterocycles. The van der Waals surface area contributed by atoms with E-state index in [-0.39, 0.29) is 0 Å². The molecule has 1 heterocycles. The van der Waals surface area contributed by atoms with Crippen molar-refractivity contribution in [2.24, 2.45) is 0 Å². The Morgan fingerprint density at radius 3 is 2.29 bits per heavy atom. The van der Waals surface area contributed by atoms with E-state index in [1.165, 1.54) is 0 Å². The molecular formula is C28H25N3O4. The zero-order valence-corrected chi connectivity index (χ0v) is 18.9. The van der Waals surface area contributed by atoms with Gasteiger partial charge in [0, 0.05) is 11.6 Å². The Morgan fingerprint density at radius 1 is 0.857 bits per heavy atom. The number of hydrogen-bond acceptors (Lipinski definition) is 4. The second-order valence-corrected chi connectivity index (χ2v) is 8.51. The number of amides is 2. The SMILES string of the molecule is O=C(Nc1ccc(Oc2ccccc2)cc1)N[C@]1(C(=O)O)NCCC1c1ccc2ccccc2c1. The maximum atomic E-state index is 12.9. The fourth-order valence-corrected chi connectivity index (χ4v) is 4.58. The normalized spacial score (nSPS) is 19.3. The van der Waals surface area contributed by atoms with E-state index >= 15 is 0 Å². The summed E-state index contributed by atoms with van der Waals surface area (Å²) < 4.78 is 5.77. The van der Waals surface area contributed by atoms with E-state index in [4.69, 9.17) is 4.74 Å². The van der Waals surface area contributed by atoms with E-state index in [2.05, 4.69) is 16.0 Å². The Kier molecular flexibility index (Phi) is 6.08. The van der Waals surface area contributed by atoms with Crippen molar-refractivity contribution in [3.8, 4) is 11.5 Å². The van der Waals surface area contributed by atoms with Gasteiger partial charge >= 0.3 is 12.0 Å². The van der Waals surface area contributed by atoms with Gasteiger partial charge in [-0.15, -0.1) is 0 Å². The van der Waals surface area contributed by atoms with Gasteiger partial charge in [-0.05, 0) is 65.7 Å². The fourth-order valence-electron chi connectivity index (χ4n) is 4.58. The number of carbonyl (C=O) groups is 2. The Morgan fingerprint density at radius 2 is 1.54 bits per heavy atom. The summed E-state index contributed by atoms with van der Waals surface area (Å²) in [5, 5.41) is 20.7. The molecule has 0 spiro atoms. The highest BCUT2D eigenvalue weighted by Crippen LogP contribution is 2.36. The molecule has 1 unspecified atom stereocenters. The molecule has 2 atom stereocenters. The van der Waals surface area contributed by atoms with Crippen molar-refractivity contribution in [3.05, 3.63) is 103 Å². The van der Waals surface area contributed by atoms with Crippen LogP contribution in [0.2, 0.25) is 0 Å². The highest BCUT2D eigenvalue weighted by atomic mass is 16.5. The quantitative estimate of drug-likeness (QED) is 0.308. The molecule has 35 heavy (non-hydrogen) atoms. The number of para-hydroxylation sites is 1. The van der Waals surface area contributed by atoms with Crippen LogP contribution in [-0.2, 0) is 4.79 Å². The zero-order chi connectivity index (χ0) is 24.3. The minimum Gasteiger partial charge on any atom is -0.478 e. The number of hydrogen-bond donors (Lipinski definition) is 4. The predicted octanol–water partition coefficient (Wildman–Crippen LogP) is 5.31. The van der Waals surface area contributed by atoms with Crippen molar-refractivity contribution >= 4 is 28.5 Å². The third kappa shape index (κ3) is 4.67. The Balaban J connectivity index is 1.31. The van der Waals surface area contributed by atoms with Gasteiger partial charge < -0.3 is 20.5 Å². The molecule has 0 aromatic heterocycles. The molecule has 4 N–H and O–H groups in total. The number of urea groups is 1. The van der Waals surface area contributed by atoms with E-state index < -0.39 is 23.6 Å². The van der Waals surface area contributed by atoms with E-state index in [1.807, 2.05) is 72.8 Å². The van der Waals surface area contributed by atoms with E-state index in [0.29, 0.717) is 30.2 Å². The molecule has 176 valence electrons. The summed E-state index contributed by atoms with van der Waals surface area (Å²) in [6.45, 7) is 0.468. The third-order valence-electron chi connectivity index (χ3n) is 6.27. The van der Waals surface area contributed by atoms with Crippen molar-refractivity contribution in [2.45, 2.75) is 18.0 Å². The van der Waals surface area contributed by atoms with Crippen molar-refractivity contribution < 1.29 is 19.4 Å². The second-order valence-electron chi connectivity index (χ2n) is 8.51. The molecule has 1 fully saturated rings. The number of carboxylic acids is 1. The number of rotatable bonds is 6. The molecule has 0 aliphatic carbocycles. The summed E-state index contributed by atoms with van der Waals surface area (Å²) in [7, 11) is 0. The van der Waals surface area contributed by atoms with Gasteiger partial charge in [0.05, 0.1) is 0 Å². The maximum absolute atomic E-state index is 12.9. The highest BCUT2D eigenvalue weighted by molar-refractivity contribution is 5.94. The van der Waals surface area contributed by atoms with E-state index in [0.717, 1.165) is 16.3 Å². The Hall–Kier alpha value is -4.36. The average Bonchev–Trinajstić information content (AvgIpc) is 3.30. The average molecular weight is 468 g/mol. The smallest absolute Gasteiger partial charge is 0.345 e. The lowest BCUT2D eigenvalue weighted by Gasteiger charge is -2.32. The predicted molar refractivity (Wildman–Crippen MR) is 135 cm³/mol. The monoisotopic (exact) mass is 467 g/mol. The molecule has 1 aliphatic heterocycles. The van der Waals surface area contributed by atoms with Gasteiger partial charge in [0.1, 0.15) is 11.5 Å². The number of fused-ring (bicyclic) bond motifs is 1. The van der Waals surface area contributed by atoms with Crippen LogP contribution in [0, 0.1) is 0 Å². The van der Waals surface area contributed by atoms with Crippen LogP contribution in [0.3, 0.4) is 0 Å². The number of carbonyl (C=O) groups excluding carboxylic acids is 1. The first-order chi connectivity index (χ1) is 17.0. The molecule has 2 amide bonds. The van der Waals surface area contributed by atoms with Crippen LogP contribution in [0.1, 0.15) is 17.9 Å². The lowest BCUT2D eigenvalue weighted by atomic mass is 9.85. The van der Waals surface area contributed by atoms with Crippen LogP contribution < -0.4 is 20.7 Å².